The lowest BCUT2D eigenvalue weighted by atomic mass is 9.96. The average molecular weight is 275 g/mol. The lowest BCUT2D eigenvalue weighted by molar-refractivity contribution is 0.0899. The molecule has 0 aliphatic carbocycles. The minimum atomic E-state index is 0.225. The van der Waals surface area contributed by atoms with Gasteiger partial charge in [0.05, 0.1) is 13.7 Å². The highest BCUT2D eigenvalue weighted by molar-refractivity contribution is 5.99. The first-order valence-corrected chi connectivity index (χ1v) is 7.42. The van der Waals surface area contributed by atoms with Gasteiger partial charge in [-0.1, -0.05) is 6.92 Å². The zero-order chi connectivity index (χ0) is 14.7. The molecule has 1 aromatic rings. The van der Waals surface area contributed by atoms with Gasteiger partial charge in [0, 0.05) is 5.56 Å². The molecule has 3 heteroatoms. The fourth-order valence-corrected chi connectivity index (χ4v) is 2.83. The molecule has 1 aromatic carbocycles. The first-order valence-electron chi connectivity index (χ1n) is 7.42. The number of hydrogen-bond acceptors (Lipinski definition) is 3. The molecule has 110 valence electrons. The summed E-state index contributed by atoms with van der Waals surface area (Å²) in [5.74, 6) is 1.87. The summed E-state index contributed by atoms with van der Waals surface area (Å²) < 4.78 is 5.30. The van der Waals surface area contributed by atoms with Crippen molar-refractivity contribution in [1.29, 1.82) is 0 Å². The number of Topliss-reactive ketones (excluding diaryl/α,β-unsaturated/α-hetero) is 1. The van der Waals surface area contributed by atoms with Crippen LogP contribution in [0.15, 0.2) is 12.1 Å². The van der Waals surface area contributed by atoms with Crippen molar-refractivity contribution in [3.63, 3.8) is 0 Å². The number of hydrogen-bond donors (Lipinski definition) is 0. The summed E-state index contributed by atoms with van der Waals surface area (Å²) in [5, 5.41) is 0. The summed E-state index contributed by atoms with van der Waals surface area (Å²) in [6.07, 6.45) is 2.40. The maximum absolute atomic E-state index is 12.5. The fourth-order valence-electron chi connectivity index (χ4n) is 2.83. The topological polar surface area (TPSA) is 29.5 Å². The zero-order valence-corrected chi connectivity index (χ0v) is 13.0. The van der Waals surface area contributed by atoms with Crippen molar-refractivity contribution in [2.45, 2.75) is 33.6 Å². The Morgan fingerprint density at radius 2 is 1.90 bits per heavy atom. The molecule has 0 bridgehead atoms. The van der Waals surface area contributed by atoms with Crippen molar-refractivity contribution in [3.8, 4) is 5.75 Å². The SMILES string of the molecule is COc1ccc(C(=O)CN2CCC(C)CC2)c(C)c1C. The van der Waals surface area contributed by atoms with E-state index in [1.165, 1.54) is 12.8 Å². The van der Waals surface area contributed by atoms with E-state index in [0.717, 1.165) is 41.4 Å². The van der Waals surface area contributed by atoms with Crippen LogP contribution in [0.25, 0.3) is 0 Å². The van der Waals surface area contributed by atoms with Gasteiger partial charge in [-0.3, -0.25) is 9.69 Å². The van der Waals surface area contributed by atoms with E-state index in [4.69, 9.17) is 4.74 Å². The van der Waals surface area contributed by atoms with E-state index in [-0.39, 0.29) is 5.78 Å². The molecule has 0 aromatic heterocycles. The molecule has 0 spiro atoms. The largest absolute Gasteiger partial charge is 0.496 e. The monoisotopic (exact) mass is 275 g/mol. The number of ketones is 1. The number of piperidine rings is 1. The minimum Gasteiger partial charge on any atom is -0.496 e. The smallest absolute Gasteiger partial charge is 0.177 e. The van der Waals surface area contributed by atoms with Gasteiger partial charge < -0.3 is 4.74 Å². The van der Waals surface area contributed by atoms with Crippen LogP contribution in [0.4, 0.5) is 0 Å². The van der Waals surface area contributed by atoms with Gasteiger partial charge in [0.25, 0.3) is 0 Å². The number of methoxy groups -OCH3 is 1. The molecular formula is C17H25NO2. The highest BCUT2D eigenvalue weighted by Gasteiger charge is 2.20. The van der Waals surface area contributed by atoms with E-state index in [1.54, 1.807) is 7.11 Å². The quantitative estimate of drug-likeness (QED) is 0.790. The maximum Gasteiger partial charge on any atom is 0.177 e. The second-order valence-corrected chi connectivity index (χ2v) is 5.95. The number of nitrogens with zero attached hydrogens (tertiary/aromatic N) is 1. The molecule has 1 aliphatic rings. The van der Waals surface area contributed by atoms with E-state index in [9.17, 15) is 4.79 Å². The van der Waals surface area contributed by atoms with Crippen LogP contribution in [0, 0.1) is 19.8 Å². The van der Waals surface area contributed by atoms with Crippen LogP contribution >= 0.6 is 0 Å². The summed E-state index contributed by atoms with van der Waals surface area (Å²) in [4.78, 5) is 14.8. The maximum atomic E-state index is 12.5. The predicted octanol–water partition coefficient (Wildman–Crippen LogP) is 3.23. The highest BCUT2D eigenvalue weighted by Crippen LogP contribution is 2.25. The molecular weight excluding hydrogens is 250 g/mol. The number of carbonyl (C=O) groups is 1. The van der Waals surface area contributed by atoms with Crippen molar-refractivity contribution in [2.24, 2.45) is 5.92 Å². The van der Waals surface area contributed by atoms with Gasteiger partial charge in [0.2, 0.25) is 0 Å². The third-order valence-corrected chi connectivity index (χ3v) is 4.50. The molecule has 2 rings (SSSR count). The third-order valence-electron chi connectivity index (χ3n) is 4.50. The van der Waals surface area contributed by atoms with Gasteiger partial charge in [0.15, 0.2) is 5.78 Å². The molecule has 0 saturated carbocycles. The van der Waals surface area contributed by atoms with Crippen LogP contribution in [0.2, 0.25) is 0 Å². The molecule has 0 amide bonds. The second kappa shape index (κ2) is 6.40. The summed E-state index contributed by atoms with van der Waals surface area (Å²) in [5.41, 5.74) is 2.94. The van der Waals surface area contributed by atoms with Gasteiger partial charge in [-0.2, -0.15) is 0 Å². The molecule has 0 atom stereocenters. The Balaban J connectivity index is 2.08. The summed E-state index contributed by atoms with van der Waals surface area (Å²) >= 11 is 0. The number of rotatable bonds is 4. The van der Waals surface area contributed by atoms with Gasteiger partial charge >= 0.3 is 0 Å². The Morgan fingerprint density at radius 1 is 1.25 bits per heavy atom. The van der Waals surface area contributed by atoms with Crippen molar-refractivity contribution >= 4 is 5.78 Å². The van der Waals surface area contributed by atoms with Crippen molar-refractivity contribution in [3.05, 3.63) is 28.8 Å². The van der Waals surface area contributed by atoms with Crippen LogP contribution in [0.3, 0.4) is 0 Å². The summed E-state index contributed by atoms with van der Waals surface area (Å²) in [6.45, 7) is 8.93. The van der Waals surface area contributed by atoms with E-state index in [0.29, 0.717) is 6.54 Å². The van der Waals surface area contributed by atoms with Gasteiger partial charge in [-0.25, -0.2) is 0 Å². The Bertz CT molecular complexity index is 488. The van der Waals surface area contributed by atoms with Crippen molar-refractivity contribution < 1.29 is 9.53 Å². The van der Waals surface area contributed by atoms with Gasteiger partial charge in [-0.15, -0.1) is 0 Å². The molecule has 1 heterocycles. The number of benzene rings is 1. The van der Waals surface area contributed by atoms with E-state index in [2.05, 4.69) is 11.8 Å². The first-order chi connectivity index (χ1) is 9.52. The third kappa shape index (κ3) is 3.21. The van der Waals surface area contributed by atoms with Crippen molar-refractivity contribution in [1.82, 2.24) is 4.90 Å². The van der Waals surface area contributed by atoms with Crippen LogP contribution < -0.4 is 4.74 Å². The molecule has 1 aliphatic heterocycles. The molecule has 1 saturated heterocycles. The predicted molar refractivity (Wildman–Crippen MR) is 81.6 cm³/mol. The highest BCUT2D eigenvalue weighted by atomic mass is 16.5. The van der Waals surface area contributed by atoms with Crippen LogP contribution in [-0.2, 0) is 0 Å². The van der Waals surface area contributed by atoms with Crippen LogP contribution in [0.1, 0.15) is 41.3 Å². The lowest BCUT2D eigenvalue weighted by Gasteiger charge is -2.29. The molecule has 20 heavy (non-hydrogen) atoms. The van der Waals surface area contributed by atoms with Gasteiger partial charge in [0.1, 0.15) is 5.75 Å². The number of likely N-dealkylation sites (tertiary alicyclic amines) is 1. The molecule has 0 N–H and O–H groups in total. The Labute approximate surface area is 121 Å². The Kier molecular flexibility index (Phi) is 4.81. The normalized spacial score (nSPS) is 17.2. The van der Waals surface area contributed by atoms with E-state index >= 15 is 0 Å². The molecule has 0 radical (unpaired) electrons. The number of carbonyl (C=O) groups excluding carboxylic acids is 1. The van der Waals surface area contributed by atoms with Crippen molar-refractivity contribution in [2.75, 3.05) is 26.7 Å². The zero-order valence-electron chi connectivity index (χ0n) is 13.0. The van der Waals surface area contributed by atoms with E-state index in [1.807, 2.05) is 26.0 Å². The van der Waals surface area contributed by atoms with Crippen LogP contribution in [0.5, 0.6) is 5.75 Å². The fraction of sp³-hybridized carbons (Fsp3) is 0.588. The molecule has 0 unspecified atom stereocenters. The standard InChI is InChI=1S/C17H25NO2/c1-12-7-9-18(10-8-12)11-16(19)15-5-6-17(20-4)14(3)13(15)2/h5-6,12H,7-11H2,1-4H3. The average Bonchev–Trinajstić information content (AvgIpc) is 2.44. The Hall–Kier alpha value is -1.35. The molecule has 1 fully saturated rings. The second-order valence-electron chi connectivity index (χ2n) is 5.95. The summed E-state index contributed by atoms with van der Waals surface area (Å²) in [7, 11) is 1.66. The molecule has 3 nitrogen and oxygen atoms in total. The minimum absolute atomic E-state index is 0.225. The van der Waals surface area contributed by atoms with E-state index < -0.39 is 0 Å². The van der Waals surface area contributed by atoms with Gasteiger partial charge in [-0.05, 0) is 69.0 Å². The first kappa shape index (κ1) is 15.0. The number of ether oxygens (including phenoxy) is 1. The lowest BCUT2D eigenvalue weighted by Crippen LogP contribution is -2.37. The Morgan fingerprint density at radius 3 is 2.50 bits per heavy atom. The van der Waals surface area contributed by atoms with Crippen LogP contribution in [-0.4, -0.2) is 37.4 Å². The summed E-state index contributed by atoms with van der Waals surface area (Å²) in [6, 6.07) is 3.80.